The molecule has 0 aliphatic rings. The zero-order valence-corrected chi connectivity index (χ0v) is 13.7. The van der Waals surface area contributed by atoms with Gasteiger partial charge in [-0.2, -0.15) is 0 Å². The van der Waals surface area contributed by atoms with E-state index in [1.807, 2.05) is 49.4 Å². The quantitative estimate of drug-likeness (QED) is 0.833. The van der Waals surface area contributed by atoms with E-state index in [-0.39, 0.29) is 6.03 Å². The summed E-state index contributed by atoms with van der Waals surface area (Å²) in [7, 11) is 0. The molecule has 2 rings (SSSR count). The first-order chi connectivity index (χ1) is 10.6. The van der Waals surface area contributed by atoms with Gasteiger partial charge in [0.05, 0.1) is 0 Å². The topological polar surface area (TPSA) is 41.1 Å². The molecule has 0 radical (unpaired) electrons. The van der Waals surface area contributed by atoms with Crippen LogP contribution in [-0.4, -0.2) is 12.6 Å². The zero-order chi connectivity index (χ0) is 15.9. The molecule has 0 atom stereocenters. The predicted octanol–water partition coefficient (Wildman–Crippen LogP) is 4.58. The van der Waals surface area contributed by atoms with Crippen molar-refractivity contribution in [3.8, 4) is 0 Å². The lowest BCUT2D eigenvalue weighted by molar-refractivity contribution is 0.252. The summed E-state index contributed by atoms with van der Waals surface area (Å²) in [4.78, 5) is 12.0. The second-order valence-electron chi connectivity index (χ2n) is 5.22. The van der Waals surface area contributed by atoms with Crippen molar-refractivity contribution in [1.82, 2.24) is 5.32 Å². The van der Waals surface area contributed by atoms with Crippen molar-refractivity contribution < 1.29 is 4.79 Å². The Morgan fingerprint density at radius 3 is 2.68 bits per heavy atom. The first-order valence-electron chi connectivity index (χ1n) is 7.48. The molecule has 0 unspecified atom stereocenters. The summed E-state index contributed by atoms with van der Waals surface area (Å²) < 4.78 is 0. The van der Waals surface area contributed by atoms with Crippen molar-refractivity contribution in [2.24, 2.45) is 0 Å². The van der Waals surface area contributed by atoms with Crippen LogP contribution in [0.3, 0.4) is 0 Å². The number of halogens is 1. The Bertz CT molecular complexity index is 655. The van der Waals surface area contributed by atoms with Gasteiger partial charge in [0.25, 0.3) is 0 Å². The van der Waals surface area contributed by atoms with E-state index >= 15 is 0 Å². The van der Waals surface area contributed by atoms with E-state index in [0.717, 1.165) is 40.2 Å². The third-order valence-corrected chi connectivity index (χ3v) is 3.80. The Balaban J connectivity index is 1.89. The molecule has 0 bridgehead atoms. The van der Waals surface area contributed by atoms with Gasteiger partial charge in [-0.15, -0.1) is 0 Å². The summed E-state index contributed by atoms with van der Waals surface area (Å²) in [6, 6.07) is 13.5. The maximum Gasteiger partial charge on any atom is 0.319 e. The Kier molecular flexibility index (Phi) is 5.84. The maximum absolute atomic E-state index is 12.0. The standard InChI is InChI=1S/C18H21ClN2O/c1-3-15-8-4-6-13(2)17(15)21-18(22)20-11-10-14-7-5-9-16(19)12-14/h4-9,12H,3,10-11H2,1-2H3,(H2,20,21,22). The highest BCUT2D eigenvalue weighted by molar-refractivity contribution is 6.30. The number of nitrogens with one attached hydrogen (secondary N) is 2. The van der Waals surface area contributed by atoms with Crippen LogP contribution in [0.4, 0.5) is 10.5 Å². The second-order valence-corrected chi connectivity index (χ2v) is 5.66. The Morgan fingerprint density at radius 1 is 1.18 bits per heavy atom. The molecule has 3 nitrogen and oxygen atoms in total. The number of carbonyl (C=O) groups is 1. The van der Waals surface area contributed by atoms with Crippen molar-refractivity contribution in [2.75, 3.05) is 11.9 Å². The largest absolute Gasteiger partial charge is 0.338 e. The molecular formula is C18H21ClN2O. The average molecular weight is 317 g/mol. The molecular weight excluding hydrogens is 296 g/mol. The molecule has 0 saturated heterocycles. The minimum Gasteiger partial charge on any atom is -0.338 e. The number of urea groups is 1. The number of rotatable bonds is 5. The van der Waals surface area contributed by atoms with E-state index in [1.54, 1.807) is 0 Å². The fraction of sp³-hybridized carbons (Fsp3) is 0.278. The molecule has 0 aromatic heterocycles. The van der Waals surface area contributed by atoms with Gasteiger partial charge in [0, 0.05) is 17.3 Å². The molecule has 2 aromatic rings. The molecule has 4 heteroatoms. The summed E-state index contributed by atoms with van der Waals surface area (Å²) >= 11 is 5.94. The average Bonchev–Trinajstić information content (AvgIpc) is 2.49. The summed E-state index contributed by atoms with van der Waals surface area (Å²) in [5.74, 6) is 0. The molecule has 0 heterocycles. The van der Waals surface area contributed by atoms with Gasteiger partial charge in [-0.05, 0) is 48.6 Å². The van der Waals surface area contributed by atoms with Gasteiger partial charge in [-0.3, -0.25) is 0 Å². The molecule has 22 heavy (non-hydrogen) atoms. The van der Waals surface area contributed by atoms with Gasteiger partial charge >= 0.3 is 6.03 Å². The normalized spacial score (nSPS) is 10.3. The van der Waals surface area contributed by atoms with E-state index < -0.39 is 0 Å². The molecule has 0 aliphatic carbocycles. The minimum absolute atomic E-state index is 0.175. The van der Waals surface area contributed by atoms with Crippen LogP contribution in [0.25, 0.3) is 0 Å². The van der Waals surface area contributed by atoms with Crippen molar-refractivity contribution in [3.05, 3.63) is 64.2 Å². The number of para-hydroxylation sites is 1. The lowest BCUT2D eigenvalue weighted by atomic mass is 10.1. The molecule has 2 aromatic carbocycles. The van der Waals surface area contributed by atoms with Crippen LogP contribution in [0.5, 0.6) is 0 Å². The highest BCUT2D eigenvalue weighted by atomic mass is 35.5. The minimum atomic E-state index is -0.175. The van der Waals surface area contributed by atoms with Crippen LogP contribution in [0.15, 0.2) is 42.5 Å². The lowest BCUT2D eigenvalue weighted by Gasteiger charge is -2.13. The number of hydrogen-bond donors (Lipinski definition) is 2. The smallest absolute Gasteiger partial charge is 0.319 e. The third-order valence-electron chi connectivity index (χ3n) is 3.57. The van der Waals surface area contributed by atoms with Crippen LogP contribution >= 0.6 is 11.6 Å². The first-order valence-corrected chi connectivity index (χ1v) is 7.85. The highest BCUT2D eigenvalue weighted by Gasteiger charge is 2.08. The van der Waals surface area contributed by atoms with Crippen molar-refractivity contribution in [2.45, 2.75) is 26.7 Å². The van der Waals surface area contributed by atoms with Crippen LogP contribution < -0.4 is 10.6 Å². The SMILES string of the molecule is CCc1cccc(C)c1NC(=O)NCCc1cccc(Cl)c1. The van der Waals surface area contributed by atoms with Crippen molar-refractivity contribution in [3.63, 3.8) is 0 Å². The van der Waals surface area contributed by atoms with E-state index in [0.29, 0.717) is 6.54 Å². The number of aryl methyl sites for hydroxylation is 2. The van der Waals surface area contributed by atoms with Crippen molar-refractivity contribution in [1.29, 1.82) is 0 Å². The van der Waals surface area contributed by atoms with Gasteiger partial charge in [0.1, 0.15) is 0 Å². The summed E-state index contributed by atoms with van der Waals surface area (Å²) in [5.41, 5.74) is 4.23. The number of benzene rings is 2. The van der Waals surface area contributed by atoms with Gasteiger partial charge in [0.2, 0.25) is 0 Å². The summed E-state index contributed by atoms with van der Waals surface area (Å²) in [6.45, 7) is 4.65. The Labute approximate surface area is 136 Å². The van der Waals surface area contributed by atoms with Crippen molar-refractivity contribution >= 4 is 23.3 Å². The van der Waals surface area contributed by atoms with E-state index in [2.05, 4.69) is 17.6 Å². The summed E-state index contributed by atoms with van der Waals surface area (Å²) in [5, 5.41) is 6.55. The first kappa shape index (κ1) is 16.4. The maximum atomic E-state index is 12.0. The van der Waals surface area contributed by atoms with Gasteiger partial charge < -0.3 is 10.6 Å². The fourth-order valence-electron chi connectivity index (χ4n) is 2.37. The van der Waals surface area contributed by atoms with Gasteiger partial charge in [-0.25, -0.2) is 4.79 Å². The Hall–Kier alpha value is -2.00. The van der Waals surface area contributed by atoms with Gasteiger partial charge in [0.15, 0.2) is 0 Å². The monoisotopic (exact) mass is 316 g/mol. The van der Waals surface area contributed by atoms with Crippen LogP contribution in [0, 0.1) is 6.92 Å². The fourth-order valence-corrected chi connectivity index (χ4v) is 2.59. The lowest BCUT2D eigenvalue weighted by Crippen LogP contribution is -2.31. The molecule has 0 saturated carbocycles. The number of amides is 2. The Morgan fingerprint density at radius 2 is 1.95 bits per heavy atom. The second kappa shape index (κ2) is 7.85. The highest BCUT2D eigenvalue weighted by Crippen LogP contribution is 2.20. The number of carbonyl (C=O) groups excluding carboxylic acids is 1. The van der Waals surface area contributed by atoms with Crippen LogP contribution in [-0.2, 0) is 12.8 Å². The van der Waals surface area contributed by atoms with Crippen LogP contribution in [0.2, 0.25) is 5.02 Å². The number of anilines is 1. The molecule has 0 aliphatic heterocycles. The van der Waals surface area contributed by atoms with Gasteiger partial charge in [-0.1, -0.05) is 48.9 Å². The zero-order valence-electron chi connectivity index (χ0n) is 12.9. The van der Waals surface area contributed by atoms with Crippen LogP contribution in [0.1, 0.15) is 23.6 Å². The number of hydrogen-bond acceptors (Lipinski definition) is 1. The van der Waals surface area contributed by atoms with E-state index in [4.69, 9.17) is 11.6 Å². The molecule has 2 amide bonds. The third kappa shape index (κ3) is 4.50. The molecule has 0 spiro atoms. The predicted molar refractivity (Wildman–Crippen MR) is 92.7 cm³/mol. The molecule has 116 valence electrons. The van der Waals surface area contributed by atoms with E-state index in [9.17, 15) is 4.79 Å². The van der Waals surface area contributed by atoms with E-state index in [1.165, 1.54) is 0 Å². The molecule has 2 N–H and O–H groups in total. The molecule has 0 fully saturated rings. The summed E-state index contributed by atoms with van der Waals surface area (Å²) in [6.07, 6.45) is 1.64.